The Morgan fingerprint density at radius 3 is 2.37 bits per heavy atom. The molecule has 43 heavy (non-hydrogen) atoms. The van der Waals surface area contributed by atoms with E-state index in [1.54, 1.807) is 44.2 Å². The average Bonchev–Trinajstić information content (AvgIpc) is 3.23. The number of benzene rings is 2. The number of rotatable bonds is 9. The number of aliphatic hydroxyl groups excluding tert-OH is 1. The van der Waals surface area contributed by atoms with Gasteiger partial charge in [0.15, 0.2) is 11.5 Å². The lowest BCUT2D eigenvalue weighted by Gasteiger charge is -2.44. The highest BCUT2D eigenvalue weighted by atomic mass is 35.5. The number of aliphatic hydroxyl groups is 1. The largest absolute Gasteiger partial charge is 0.503 e. The van der Waals surface area contributed by atoms with E-state index in [-0.39, 0.29) is 13.0 Å². The van der Waals surface area contributed by atoms with Crippen LogP contribution in [0.3, 0.4) is 0 Å². The summed E-state index contributed by atoms with van der Waals surface area (Å²) in [5, 5.41) is 42.4. The zero-order valence-electron chi connectivity index (χ0n) is 22.8. The Morgan fingerprint density at radius 2 is 1.77 bits per heavy atom. The smallest absolute Gasteiger partial charge is 0.327 e. The number of phenolic OH excluding ortho intramolecular Hbond substituents is 2. The molecule has 2 aromatic rings. The number of phenols is 2. The van der Waals surface area contributed by atoms with Crippen LogP contribution in [0.4, 0.5) is 4.79 Å². The van der Waals surface area contributed by atoms with Crippen molar-refractivity contribution in [3.8, 4) is 11.5 Å². The summed E-state index contributed by atoms with van der Waals surface area (Å²) in [7, 11) is 0. The van der Waals surface area contributed by atoms with Gasteiger partial charge in [-0.05, 0) is 31.9 Å². The van der Waals surface area contributed by atoms with Gasteiger partial charge in [-0.15, -0.1) is 11.8 Å². The number of nitrogens with one attached hydrogen (secondary N) is 2. The molecule has 4 rings (SSSR count). The standard InChI is InChI=1S/C27H28Cl2N4O9S/c1-27(2)20(25(40)41)33-23(39)17(24(33)43-27)30-21(37)16(12-7-4-3-5-8-12)31-26(42)32(9-6-10-34)22(38)13-11-14(28)18(35)19(36)15(13)29/h3-5,7-8,11,16-17,20,24,34-36H,6,9-10H2,1-2H3,(H,30,37)(H,31,42)(H,40,41)/t16-,17-,20+,24-/m1/s1. The summed E-state index contributed by atoms with van der Waals surface area (Å²) in [6.45, 7) is 2.65. The van der Waals surface area contributed by atoms with E-state index in [0.717, 1.165) is 6.07 Å². The van der Waals surface area contributed by atoms with Crippen LogP contribution in [0.2, 0.25) is 10.0 Å². The third-order valence-electron chi connectivity index (χ3n) is 7.06. The first-order valence-electron chi connectivity index (χ1n) is 12.9. The van der Waals surface area contributed by atoms with Gasteiger partial charge in [0.25, 0.3) is 5.91 Å². The fourth-order valence-corrected chi connectivity index (χ4v) is 7.01. The number of carboxylic acids is 1. The number of carbonyl (C=O) groups is 5. The van der Waals surface area contributed by atoms with Crippen molar-refractivity contribution in [1.82, 2.24) is 20.4 Å². The number of aromatic hydroxyl groups is 2. The number of carbonyl (C=O) groups excluding carboxylic acids is 4. The molecule has 0 spiro atoms. The molecule has 0 aromatic heterocycles. The van der Waals surface area contributed by atoms with E-state index in [2.05, 4.69) is 10.6 Å². The Balaban J connectivity index is 1.60. The molecule has 0 unspecified atom stereocenters. The molecule has 2 saturated heterocycles. The number of β-lactam (4-membered cyclic amide) rings is 1. The molecule has 0 saturated carbocycles. The van der Waals surface area contributed by atoms with E-state index in [4.69, 9.17) is 23.2 Å². The molecule has 5 amide bonds. The van der Waals surface area contributed by atoms with Crippen LogP contribution in [-0.4, -0.2) is 95.3 Å². The number of aliphatic carboxylic acids is 1. The van der Waals surface area contributed by atoms with E-state index in [9.17, 15) is 44.4 Å². The topological polar surface area (TPSA) is 197 Å². The summed E-state index contributed by atoms with van der Waals surface area (Å²) >= 11 is 13.2. The zero-order valence-corrected chi connectivity index (χ0v) is 25.1. The van der Waals surface area contributed by atoms with E-state index < -0.39 is 91.7 Å². The van der Waals surface area contributed by atoms with Crippen molar-refractivity contribution >= 4 is 64.7 Å². The van der Waals surface area contributed by atoms with Crippen LogP contribution in [0.1, 0.15) is 42.2 Å². The second kappa shape index (κ2) is 12.5. The maximum Gasteiger partial charge on any atom is 0.327 e. The predicted molar refractivity (Wildman–Crippen MR) is 156 cm³/mol. The molecule has 2 aliphatic rings. The second-order valence-corrected chi connectivity index (χ2v) is 12.9. The fourth-order valence-electron chi connectivity index (χ4n) is 4.96. The molecule has 230 valence electrons. The highest BCUT2D eigenvalue weighted by Gasteiger charge is 2.64. The number of imide groups is 1. The van der Waals surface area contributed by atoms with Crippen molar-refractivity contribution in [1.29, 1.82) is 0 Å². The molecule has 2 fully saturated rings. The van der Waals surface area contributed by atoms with Gasteiger partial charge in [0.05, 0.1) is 15.6 Å². The van der Waals surface area contributed by atoms with Crippen molar-refractivity contribution < 1.29 is 44.4 Å². The number of carboxylic acid groups (broad SMARTS) is 1. The zero-order chi connectivity index (χ0) is 31.8. The van der Waals surface area contributed by atoms with Crippen molar-refractivity contribution in [2.75, 3.05) is 13.2 Å². The van der Waals surface area contributed by atoms with Gasteiger partial charge in [0.2, 0.25) is 11.8 Å². The summed E-state index contributed by atoms with van der Waals surface area (Å²) in [4.78, 5) is 67.2. The molecule has 13 nitrogen and oxygen atoms in total. The predicted octanol–water partition coefficient (Wildman–Crippen LogP) is 2.31. The van der Waals surface area contributed by atoms with Crippen molar-refractivity contribution in [3.63, 3.8) is 0 Å². The minimum Gasteiger partial charge on any atom is -0.503 e. The second-order valence-electron chi connectivity index (χ2n) is 10.3. The van der Waals surface area contributed by atoms with Crippen LogP contribution in [0.5, 0.6) is 11.5 Å². The average molecular weight is 656 g/mol. The van der Waals surface area contributed by atoms with Gasteiger partial charge in [-0.1, -0.05) is 53.5 Å². The van der Waals surface area contributed by atoms with Crippen LogP contribution in [0.15, 0.2) is 36.4 Å². The Hall–Kier alpha value is -3.72. The molecular formula is C27H28Cl2N4O9S. The summed E-state index contributed by atoms with van der Waals surface area (Å²) < 4.78 is -0.820. The molecule has 16 heteroatoms. The highest BCUT2D eigenvalue weighted by molar-refractivity contribution is 8.01. The third kappa shape index (κ3) is 6.05. The van der Waals surface area contributed by atoms with Gasteiger partial charge in [-0.25, -0.2) is 9.59 Å². The van der Waals surface area contributed by atoms with Crippen molar-refractivity contribution in [3.05, 3.63) is 57.6 Å². The SMILES string of the molecule is CC1(C)S[C@@H]2[C@H](NC(=O)[C@H](NC(=O)N(CCCO)C(=O)c3cc(Cl)c(O)c(O)c3Cl)c3ccccc3)C(=O)N2[C@H]1C(=O)O. The van der Waals surface area contributed by atoms with Gasteiger partial charge in [-0.3, -0.25) is 19.3 Å². The molecule has 4 atom stereocenters. The Kier molecular flexibility index (Phi) is 9.35. The monoisotopic (exact) mass is 654 g/mol. The number of thioether (sulfide) groups is 1. The Morgan fingerprint density at radius 1 is 1.12 bits per heavy atom. The van der Waals surface area contributed by atoms with E-state index >= 15 is 0 Å². The first-order chi connectivity index (χ1) is 20.2. The van der Waals surface area contributed by atoms with Gasteiger partial charge in [0, 0.05) is 17.9 Å². The van der Waals surface area contributed by atoms with Gasteiger partial charge in [-0.2, -0.15) is 0 Å². The summed E-state index contributed by atoms with van der Waals surface area (Å²) in [6.07, 6.45) is -0.0530. The van der Waals surface area contributed by atoms with E-state index in [1.807, 2.05) is 0 Å². The number of hydrogen-bond donors (Lipinski definition) is 6. The first-order valence-corrected chi connectivity index (χ1v) is 14.6. The number of nitrogens with zero attached hydrogens (tertiary/aromatic N) is 2. The number of fused-ring (bicyclic) bond motifs is 1. The minimum absolute atomic E-state index is 0.0530. The first kappa shape index (κ1) is 32.2. The lowest BCUT2D eigenvalue weighted by molar-refractivity contribution is -0.161. The fraction of sp³-hybridized carbons (Fsp3) is 0.370. The normalized spacial score (nSPS) is 20.9. The van der Waals surface area contributed by atoms with Gasteiger partial charge in [0.1, 0.15) is 23.5 Å². The highest BCUT2D eigenvalue weighted by Crippen LogP contribution is 2.51. The van der Waals surface area contributed by atoms with Crippen LogP contribution < -0.4 is 10.6 Å². The Labute approximate surface area is 259 Å². The minimum atomic E-state index is -1.41. The Bertz CT molecular complexity index is 1480. The van der Waals surface area contributed by atoms with E-state index in [1.165, 1.54) is 16.7 Å². The maximum atomic E-state index is 13.6. The molecular weight excluding hydrogens is 627 g/mol. The lowest BCUT2D eigenvalue weighted by Crippen LogP contribution is -2.71. The van der Waals surface area contributed by atoms with Gasteiger partial charge < -0.3 is 36.0 Å². The van der Waals surface area contributed by atoms with Crippen LogP contribution >= 0.6 is 35.0 Å². The van der Waals surface area contributed by atoms with Crippen LogP contribution in [0.25, 0.3) is 0 Å². The van der Waals surface area contributed by atoms with Crippen molar-refractivity contribution in [2.24, 2.45) is 0 Å². The number of halogens is 2. The van der Waals surface area contributed by atoms with Crippen LogP contribution in [-0.2, 0) is 14.4 Å². The molecule has 2 aromatic carbocycles. The molecule has 0 bridgehead atoms. The van der Waals surface area contributed by atoms with Gasteiger partial charge >= 0.3 is 12.0 Å². The number of amides is 5. The lowest BCUT2D eigenvalue weighted by atomic mass is 9.95. The molecule has 2 aliphatic heterocycles. The maximum absolute atomic E-state index is 13.6. The van der Waals surface area contributed by atoms with E-state index in [0.29, 0.717) is 10.5 Å². The number of hydrogen-bond acceptors (Lipinski definition) is 9. The third-order valence-corrected chi connectivity index (χ3v) is 9.30. The quantitative estimate of drug-likeness (QED) is 0.172. The molecule has 6 N–H and O–H groups in total. The molecule has 0 radical (unpaired) electrons. The molecule has 2 heterocycles. The number of urea groups is 1. The molecule has 0 aliphatic carbocycles. The summed E-state index contributed by atoms with van der Waals surface area (Å²) in [5.74, 6) is -5.23. The van der Waals surface area contributed by atoms with Crippen LogP contribution in [0, 0.1) is 0 Å². The summed E-state index contributed by atoms with van der Waals surface area (Å²) in [5.41, 5.74) is -0.123. The van der Waals surface area contributed by atoms with Crippen molar-refractivity contribution in [2.45, 2.75) is 48.5 Å². The summed E-state index contributed by atoms with van der Waals surface area (Å²) in [6, 6.07) is 4.31.